The molecule has 0 N–H and O–H groups in total. The Bertz CT molecular complexity index is 377. The minimum absolute atomic E-state index is 0.106. The third-order valence-corrected chi connectivity index (χ3v) is 3.73. The smallest absolute Gasteiger partial charge is 0.319 e. The number of rotatable bonds is 3. The lowest BCUT2D eigenvalue weighted by atomic mass is 9.91. The Labute approximate surface area is 112 Å². The van der Waals surface area contributed by atoms with Gasteiger partial charge in [0.1, 0.15) is 23.8 Å². The van der Waals surface area contributed by atoms with Gasteiger partial charge in [0.05, 0.1) is 6.61 Å². The predicted octanol–water partition coefficient (Wildman–Crippen LogP) is 1.24. The molecule has 0 spiro atoms. The molecule has 3 aliphatic rings. The SMILES string of the molecule is C[C@@H]1C[C@H]2ON=C(COC3CCCCO3)C2C(=O)O1. The van der Waals surface area contributed by atoms with E-state index in [2.05, 4.69) is 5.16 Å². The quantitative estimate of drug-likeness (QED) is 0.721. The van der Waals surface area contributed by atoms with Crippen LogP contribution < -0.4 is 0 Å². The highest BCUT2D eigenvalue weighted by atomic mass is 16.7. The molecule has 2 saturated heterocycles. The zero-order valence-electron chi connectivity index (χ0n) is 11.0. The van der Waals surface area contributed by atoms with Crippen LogP contribution in [-0.2, 0) is 23.8 Å². The highest BCUT2D eigenvalue weighted by Crippen LogP contribution is 2.30. The summed E-state index contributed by atoms with van der Waals surface area (Å²) in [5.41, 5.74) is 0.621. The molecule has 3 heterocycles. The van der Waals surface area contributed by atoms with E-state index in [4.69, 9.17) is 19.0 Å². The van der Waals surface area contributed by atoms with Gasteiger partial charge in [0.25, 0.3) is 0 Å². The first-order valence-corrected chi connectivity index (χ1v) is 6.90. The highest BCUT2D eigenvalue weighted by molar-refractivity contribution is 6.04. The number of fused-ring (bicyclic) bond motifs is 1. The zero-order chi connectivity index (χ0) is 13.2. The first kappa shape index (κ1) is 12.9. The molecule has 3 rings (SSSR count). The second kappa shape index (κ2) is 5.46. The van der Waals surface area contributed by atoms with E-state index in [1.807, 2.05) is 6.92 Å². The number of nitrogens with zero attached hydrogens (tertiary/aromatic N) is 1. The molecule has 0 radical (unpaired) electrons. The fourth-order valence-corrected chi connectivity index (χ4v) is 2.72. The highest BCUT2D eigenvalue weighted by Gasteiger charge is 2.46. The van der Waals surface area contributed by atoms with Crippen molar-refractivity contribution in [3.63, 3.8) is 0 Å². The Morgan fingerprint density at radius 3 is 3.11 bits per heavy atom. The third-order valence-electron chi connectivity index (χ3n) is 3.73. The number of hydrogen-bond acceptors (Lipinski definition) is 6. The number of carbonyl (C=O) groups is 1. The summed E-state index contributed by atoms with van der Waals surface area (Å²) < 4.78 is 16.4. The maximum absolute atomic E-state index is 11.9. The maximum atomic E-state index is 11.9. The second-order valence-corrected chi connectivity index (χ2v) is 5.29. The molecule has 4 atom stereocenters. The molecule has 0 aliphatic carbocycles. The number of ether oxygens (including phenoxy) is 3. The van der Waals surface area contributed by atoms with E-state index in [1.165, 1.54) is 0 Å². The Hall–Kier alpha value is -1.14. The van der Waals surface area contributed by atoms with Crippen LogP contribution in [-0.4, -0.2) is 43.4 Å². The minimum atomic E-state index is -0.403. The van der Waals surface area contributed by atoms with Gasteiger partial charge in [-0.1, -0.05) is 5.16 Å². The Kier molecular flexibility index (Phi) is 3.70. The van der Waals surface area contributed by atoms with Crippen LogP contribution in [0.4, 0.5) is 0 Å². The predicted molar refractivity (Wildman–Crippen MR) is 65.5 cm³/mol. The fraction of sp³-hybridized carbons (Fsp3) is 0.846. The van der Waals surface area contributed by atoms with E-state index in [1.54, 1.807) is 0 Å². The summed E-state index contributed by atoms with van der Waals surface area (Å²) in [6, 6.07) is 0. The molecular formula is C13H19NO5. The van der Waals surface area contributed by atoms with Crippen LogP contribution in [0.25, 0.3) is 0 Å². The summed E-state index contributed by atoms with van der Waals surface area (Å²) in [6.07, 6.45) is 3.28. The van der Waals surface area contributed by atoms with Gasteiger partial charge < -0.3 is 19.0 Å². The topological polar surface area (TPSA) is 66.3 Å². The normalized spacial score (nSPS) is 38.2. The van der Waals surface area contributed by atoms with Gasteiger partial charge in [-0.15, -0.1) is 0 Å². The van der Waals surface area contributed by atoms with Crippen molar-refractivity contribution in [3.05, 3.63) is 0 Å². The lowest BCUT2D eigenvalue weighted by Gasteiger charge is -2.28. The van der Waals surface area contributed by atoms with Gasteiger partial charge in [-0.25, -0.2) is 0 Å². The van der Waals surface area contributed by atoms with Gasteiger partial charge in [0, 0.05) is 13.0 Å². The van der Waals surface area contributed by atoms with Crippen molar-refractivity contribution in [2.45, 2.75) is 51.1 Å². The van der Waals surface area contributed by atoms with Crippen LogP contribution >= 0.6 is 0 Å². The van der Waals surface area contributed by atoms with E-state index < -0.39 is 5.92 Å². The average Bonchev–Trinajstić information content (AvgIpc) is 2.81. The van der Waals surface area contributed by atoms with Gasteiger partial charge in [-0.05, 0) is 26.2 Å². The van der Waals surface area contributed by atoms with Crippen LogP contribution in [0.3, 0.4) is 0 Å². The van der Waals surface area contributed by atoms with E-state index >= 15 is 0 Å². The van der Waals surface area contributed by atoms with Gasteiger partial charge >= 0.3 is 5.97 Å². The summed E-state index contributed by atoms with van der Waals surface area (Å²) in [5.74, 6) is -0.659. The molecular weight excluding hydrogens is 250 g/mol. The lowest BCUT2D eigenvalue weighted by molar-refractivity contribution is -0.165. The summed E-state index contributed by atoms with van der Waals surface area (Å²) in [6.45, 7) is 2.87. The summed E-state index contributed by atoms with van der Waals surface area (Å²) in [7, 11) is 0. The molecule has 0 aromatic rings. The molecule has 0 aromatic carbocycles. The molecule has 0 saturated carbocycles. The minimum Gasteiger partial charge on any atom is -0.462 e. The van der Waals surface area contributed by atoms with Crippen LogP contribution in [0.1, 0.15) is 32.6 Å². The van der Waals surface area contributed by atoms with Crippen LogP contribution in [0.5, 0.6) is 0 Å². The Morgan fingerprint density at radius 1 is 1.42 bits per heavy atom. The molecule has 106 valence electrons. The molecule has 2 fully saturated rings. The van der Waals surface area contributed by atoms with Gasteiger partial charge in [-0.2, -0.15) is 0 Å². The average molecular weight is 269 g/mol. The zero-order valence-corrected chi connectivity index (χ0v) is 11.0. The van der Waals surface area contributed by atoms with Gasteiger partial charge in [-0.3, -0.25) is 4.79 Å². The Morgan fingerprint density at radius 2 is 2.32 bits per heavy atom. The van der Waals surface area contributed by atoms with E-state index in [9.17, 15) is 4.79 Å². The molecule has 6 nitrogen and oxygen atoms in total. The number of hydrogen-bond donors (Lipinski definition) is 0. The van der Waals surface area contributed by atoms with Crippen molar-refractivity contribution in [1.29, 1.82) is 0 Å². The van der Waals surface area contributed by atoms with Crippen molar-refractivity contribution in [2.24, 2.45) is 11.1 Å². The fourth-order valence-electron chi connectivity index (χ4n) is 2.72. The summed E-state index contributed by atoms with van der Waals surface area (Å²) >= 11 is 0. The standard InChI is InChI=1S/C13H19NO5/c1-8-6-10-12(13(15)18-8)9(14-19-10)7-17-11-4-2-3-5-16-11/h8,10-12H,2-7H2,1H3/t8-,10-,11?,12?/m1/s1. The number of oxime groups is 1. The van der Waals surface area contributed by atoms with Gasteiger partial charge in [0.2, 0.25) is 0 Å². The lowest BCUT2D eigenvalue weighted by Crippen LogP contribution is -2.43. The van der Waals surface area contributed by atoms with Crippen LogP contribution in [0.15, 0.2) is 5.16 Å². The first-order valence-electron chi connectivity index (χ1n) is 6.90. The first-order chi connectivity index (χ1) is 9.24. The molecule has 3 aliphatic heterocycles. The van der Waals surface area contributed by atoms with Crippen LogP contribution in [0, 0.1) is 5.92 Å². The maximum Gasteiger partial charge on any atom is 0.319 e. The number of cyclic esters (lactones) is 1. The molecule has 0 amide bonds. The molecule has 2 unspecified atom stereocenters. The molecule has 0 aromatic heterocycles. The molecule has 6 heteroatoms. The van der Waals surface area contributed by atoms with Crippen LogP contribution in [0.2, 0.25) is 0 Å². The summed E-state index contributed by atoms with van der Waals surface area (Å²) in [5, 5.41) is 3.98. The second-order valence-electron chi connectivity index (χ2n) is 5.29. The Balaban J connectivity index is 1.55. The number of esters is 1. The monoisotopic (exact) mass is 269 g/mol. The number of carbonyl (C=O) groups excluding carboxylic acids is 1. The van der Waals surface area contributed by atoms with Crippen molar-refractivity contribution >= 4 is 11.7 Å². The van der Waals surface area contributed by atoms with Crippen molar-refractivity contribution in [3.8, 4) is 0 Å². The van der Waals surface area contributed by atoms with E-state index in [0.717, 1.165) is 25.9 Å². The molecule has 19 heavy (non-hydrogen) atoms. The third kappa shape index (κ3) is 2.74. The van der Waals surface area contributed by atoms with E-state index in [0.29, 0.717) is 12.1 Å². The summed E-state index contributed by atoms with van der Waals surface area (Å²) in [4.78, 5) is 17.2. The van der Waals surface area contributed by atoms with Gasteiger partial charge in [0.15, 0.2) is 6.29 Å². The molecule has 0 bridgehead atoms. The largest absolute Gasteiger partial charge is 0.462 e. The van der Waals surface area contributed by atoms with Crippen molar-refractivity contribution in [2.75, 3.05) is 13.2 Å². The van der Waals surface area contributed by atoms with Crippen molar-refractivity contribution in [1.82, 2.24) is 0 Å². The van der Waals surface area contributed by atoms with E-state index in [-0.39, 0.29) is 31.1 Å². The van der Waals surface area contributed by atoms with Crippen molar-refractivity contribution < 1.29 is 23.8 Å².